The van der Waals surface area contributed by atoms with E-state index in [1.807, 2.05) is 7.05 Å². The quantitative estimate of drug-likeness (QED) is 0.292. The van der Waals surface area contributed by atoms with E-state index < -0.39 is 46.5 Å². The number of hydrogen-bond acceptors (Lipinski definition) is 5. The van der Waals surface area contributed by atoms with Crippen LogP contribution >= 0.6 is 11.6 Å². The summed E-state index contributed by atoms with van der Waals surface area (Å²) in [4.78, 5) is 28.8. The fraction of sp³-hybridized carbons (Fsp3) is 0.250. The fourth-order valence-electron chi connectivity index (χ4n) is 5.75. The van der Waals surface area contributed by atoms with Gasteiger partial charge in [-0.2, -0.15) is 18.3 Å². The van der Waals surface area contributed by atoms with Gasteiger partial charge in [-0.3, -0.25) is 14.3 Å². The van der Waals surface area contributed by atoms with E-state index in [2.05, 4.69) is 20.6 Å². The second-order valence-electron chi connectivity index (χ2n) is 10.5. The fourth-order valence-corrected chi connectivity index (χ4v) is 6.00. The molecule has 3 heterocycles. The lowest BCUT2D eigenvalue weighted by atomic mass is 9.88. The number of hydrogen-bond donors (Lipinski definition) is 3. The van der Waals surface area contributed by atoms with Crippen LogP contribution in [0.3, 0.4) is 0 Å². The molecule has 0 radical (unpaired) electrons. The molecule has 1 saturated heterocycles. The molecule has 0 aliphatic carbocycles. The molecule has 2 aliphatic rings. The van der Waals surface area contributed by atoms with Crippen LogP contribution in [0.5, 0.6) is 0 Å². The molecule has 1 unspecified atom stereocenters. The molecule has 0 spiro atoms. The Morgan fingerprint density at radius 2 is 1.83 bits per heavy atom. The van der Waals surface area contributed by atoms with Crippen LogP contribution < -0.4 is 10.6 Å². The predicted octanol–water partition coefficient (Wildman–Crippen LogP) is 4.74. The van der Waals surface area contributed by atoms with Crippen molar-refractivity contribution in [3.63, 3.8) is 0 Å². The molecule has 4 aromatic rings. The Labute approximate surface area is 239 Å². The van der Waals surface area contributed by atoms with Gasteiger partial charge < -0.3 is 20.6 Å². The Bertz CT molecular complexity index is 1820. The molecule has 42 heavy (non-hydrogen) atoms. The molecule has 3 N–H and O–H groups in total. The molecule has 14 heteroatoms. The van der Waals surface area contributed by atoms with Crippen molar-refractivity contribution in [3.05, 3.63) is 92.6 Å². The Morgan fingerprint density at radius 1 is 1.12 bits per heavy atom. The van der Waals surface area contributed by atoms with Gasteiger partial charge >= 0.3 is 6.18 Å². The van der Waals surface area contributed by atoms with E-state index in [1.165, 1.54) is 12.1 Å². The number of aliphatic hydroxyl groups is 1. The van der Waals surface area contributed by atoms with Crippen LogP contribution in [0.2, 0.25) is 5.02 Å². The summed E-state index contributed by atoms with van der Waals surface area (Å²) in [6, 6.07) is 5.92. The topological polar surface area (TPSA) is 99.5 Å². The van der Waals surface area contributed by atoms with Gasteiger partial charge in [-0.15, -0.1) is 0 Å². The molecule has 6 rings (SSSR count). The molecule has 8 nitrogen and oxygen atoms in total. The van der Waals surface area contributed by atoms with Gasteiger partial charge in [-0.1, -0.05) is 11.6 Å². The first kappa shape index (κ1) is 28.1. The number of nitrogens with one attached hydrogen (secondary N) is 2. The van der Waals surface area contributed by atoms with Gasteiger partial charge in [-0.05, 0) is 49.5 Å². The van der Waals surface area contributed by atoms with Crippen molar-refractivity contribution in [2.24, 2.45) is 7.05 Å². The maximum atomic E-state index is 14.3. The van der Waals surface area contributed by atoms with E-state index in [1.54, 1.807) is 11.7 Å². The molecular formula is C28H21ClF5N5O3. The second-order valence-corrected chi connectivity index (χ2v) is 10.9. The summed E-state index contributed by atoms with van der Waals surface area (Å²) >= 11 is 6.30. The number of amides is 2. The molecule has 0 bridgehead atoms. The SMILES string of the molecule is CN1CC(c2c3cc(NC(=O)c4cc(F)cc(C(F)(F)F)c4)c4c(c3nn2C)C(=O)NC4(O)c2cc(F)ccc2Cl)C1. The zero-order valence-corrected chi connectivity index (χ0v) is 22.7. The number of aryl methyl sites for hydroxylation is 1. The minimum atomic E-state index is -4.93. The normalized spacial score (nSPS) is 19.1. The highest BCUT2D eigenvalue weighted by molar-refractivity contribution is 6.31. The highest BCUT2D eigenvalue weighted by atomic mass is 35.5. The molecule has 1 aromatic heterocycles. The zero-order chi connectivity index (χ0) is 30.3. The van der Waals surface area contributed by atoms with Crippen LogP contribution in [0.4, 0.5) is 27.6 Å². The van der Waals surface area contributed by atoms with Gasteiger partial charge in [-0.25, -0.2) is 8.78 Å². The first-order valence-corrected chi connectivity index (χ1v) is 13.0. The van der Waals surface area contributed by atoms with Crippen LogP contribution in [0.15, 0.2) is 42.5 Å². The van der Waals surface area contributed by atoms with Crippen molar-refractivity contribution in [3.8, 4) is 0 Å². The van der Waals surface area contributed by atoms with E-state index in [-0.39, 0.29) is 44.9 Å². The Kier molecular flexibility index (Phi) is 6.33. The Balaban J connectivity index is 1.58. The number of alkyl halides is 3. The van der Waals surface area contributed by atoms with E-state index in [9.17, 15) is 36.6 Å². The molecule has 3 aromatic carbocycles. The maximum Gasteiger partial charge on any atom is 0.416 e. The number of benzene rings is 3. The lowest BCUT2D eigenvalue weighted by Gasteiger charge is -2.36. The smallest absolute Gasteiger partial charge is 0.363 e. The number of rotatable bonds is 4. The van der Waals surface area contributed by atoms with Crippen molar-refractivity contribution in [1.82, 2.24) is 20.0 Å². The lowest BCUT2D eigenvalue weighted by Crippen LogP contribution is -2.42. The molecule has 218 valence electrons. The number of likely N-dealkylation sites (N-methyl/N-ethyl adjacent to an activating group) is 1. The number of carbonyl (C=O) groups excluding carboxylic acids is 2. The van der Waals surface area contributed by atoms with E-state index >= 15 is 0 Å². The molecule has 1 fully saturated rings. The highest BCUT2D eigenvalue weighted by Crippen LogP contribution is 2.46. The van der Waals surface area contributed by atoms with E-state index in [0.717, 1.165) is 17.8 Å². The minimum Gasteiger partial charge on any atom is -0.363 e. The third kappa shape index (κ3) is 4.39. The third-order valence-corrected chi connectivity index (χ3v) is 7.89. The van der Waals surface area contributed by atoms with Gasteiger partial charge in [0, 0.05) is 53.2 Å². The molecular weight excluding hydrogens is 585 g/mol. The van der Waals surface area contributed by atoms with Crippen molar-refractivity contribution < 1.29 is 36.6 Å². The summed E-state index contributed by atoms with van der Waals surface area (Å²) in [7, 11) is 3.59. The molecule has 1 atom stereocenters. The summed E-state index contributed by atoms with van der Waals surface area (Å²) in [6.45, 7) is 1.35. The van der Waals surface area contributed by atoms with Crippen molar-refractivity contribution in [1.29, 1.82) is 0 Å². The number of nitrogens with zero attached hydrogens (tertiary/aromatic N) is 3. The summed E-state index contributed by atoms with van der Waals surface area (Å²) < 4.78 is 70.1. The van der Waals surface area contributed by atoms with Gasteiger partial charge in [0.15, 0.2) is 5.72 Å². The second kappa shape index (κ2) is 9.48. The molecule has 2 amide bonds. The molecule has 0 saturated carbocycles. The number of anilines is 1. The largest absolute Gasteiger partial charge is 0.416 e. The van der Waals surface area contributed by atoms with E-state index in [4.69, 9.17) is 11.6 Å². The van der Waals surface area contributed by atoms with Crippen molar-refractivity contribution in [2.75, 3.05) is 25.5 Å². The number of aromatic nitrogens is 2. The van der Waals surface area contributed by atoms with Crippen LogP contribution in [0.1, 0.15) is 49.0 Å². The summed E-state index contributed by atoms with van der Waals surface area (Å²) in [5, 5.41) is 21.6. The van der Waals surface area contributed by atoms with Crippen LogP contribution in [0, 0.1) is 11.6 Å². The van der Waals surface area contributed by atoms with Gasteiger partial charge in [0.25, 0.3) is 11.8 Å². The first-order valence-electron chi connectivity index (χ1n) is 12.6. The highest BCUT2D eigenvalue weighted by Gasteiger charge is 2.49. The average molecular weight is 606 g/mol. The number of fused-ring (bicyclic) bond motifs is 3. The third-order valence-electron chi connectivity index (χ3n) is 7.56. The lowest BCUT2D eigenvalue weighted by molar-refractivity contribution is -0.137. The standard InChI is InChI=1S/C28H21ClF5N5O3/c1-38-10-13(11-38)24-17-9-20(35-25(40)12-5-14(28(32,33)34)7-16(31)6-12)22-21(23(17)37-39(24)2)26(41)36-27(22,42)18-8-15(30)3-4-19(18)29/h3-9,13,42H,10-11H2,1-2H3,(H,35,40)(H,36,41). The first-order chi connectivity index (χ1) is 19.7. The number of halogens is 6. The van der Waals surface area contributed by atoms with Crippen LogP contribution in [-0.2, 0) is 18.9 Å². The summed E-state index contributed by atoms with van der Waals surface area (Å²) in [5.41, 5.74) is -4.45. The molecule has 2 aliphatic heterocycles. The number of carbonyl (C=O) groups is 2. The van der Waals surface area contributed by atoms with Gasteiger partial charge in [0.05, 0.1) is 22.5 Å². The summed E-state index contributed by atoms with van der Waals surface area (Å²) in [6.07, 6.45) is -4.93. The number of likely N-dealkylation sites (tertiary alicyclic amines) is 1. The summed E-state index contributed by atoms with van der Waals surface area (Å²) in [5.74, 6) is -4.04. The Morgan fingerprint density at radius 3 is 2.50 bits per heavy atom. The van der Waals surface area contributed by atoms with Gasteiger partial charge in [0.2, 0.25) is 0 Å². The monoisotopic (exact) mass is 605 g/mol. The van der Waals surface area contributed by atoms with E-state index in [0.29, 0.717) is 30.6 Å². The van der Waals surface area contributed by atoms with Crippen LogP contribution in [-0.4, -0.2) is 51.7 Å². The van der Waals surface area contributed by atoms with Crippen LogP contribution in [0.25, 0.3) is 10.9 Å². The maximum absolute atomic E-state index is 14.3. The van der Waals surface area contributed by atoms with Gasteiger partial charge in [0.1, 0.15) is 17.2 Å². The van der Waals surface area contributed by atoms with Crippen molar-refractivity contribution >= 4 is 40.0 Å². The zero-order valence-electron chi connectivity index (χ0n) is 21.9. The van der Waals surface area contributed by atoms with Crippen molar-refractivity contribution in [2.45, 2.75) is 17.8 Å². The Hall–Kier alpha value is -4.07. The predicted molar refractivity (Wildman–Crippen MR) is 142 cm³/mol. The minimum absolute atomic E-state index is 0.00479. The average Bonchev–Trinajstić information content (AvgIpc) is 3.35.